The summed E-state index contributed by atoms with van der Waals surface area (Å²) in [5.41, 5.74) is 1.83. The lowest BCUT2D eigenvalue weighted by molar-refractivity contribution is -0.144. The van der Waals surface area contributed by atoms with Gasteiger partial charge >= 0.3 is 5.97 Å². The van der Waals surface area contributed by atoms with Crippen LogP contribution in [0.15, 0.2) is 42.1 Å². The van der Waals surface area contributed by atoms with Gasteiger partial charge in [-0.15, -0.1) is 0 Å². The van der Waals surface area contributed by atoms with Crippen molar-refractivity contribution in [1.82, 2.24) is 9.80 Å². The molecular formula is C29H32F2N4O4. The van der Waals surface area contributed by atoms with Crippen molar-refractivity contribution in [3.05, 3.63) is 64.9 Å². The smallest absolute Gasteiger partial charge is 0.325 e. The standard InChI is InChI=1S/C29H32F2N4O4/c1-3-38-29(37)18-35(20(2)14-22-16-23(30)5-6-25(22)31)24-8-10-33(11-9-24)12-13-34-26-15-21(17-32)4-7-27(26)39-19-28(34)36/h4-7,14-16,24H,3,8-13,18-19H2,1-2H3. The van der Waals surface area contributed by atoms with E-state index >= 15 is 0 Å². The highest BCUT2D eigenvalue weighted by molar-refractivity contribution is 5.98. The van der Waals surface area contributed by atoms with Gasteiger partial charge in [0.15, 0.2) is 6.61 Å². The lowest BCUT2D eigenvalue weighted by atomic mass is 10.0. The summed E-state index contributed by atoms with van der Waals surface area (Å²) >= 11 is 0. The molecule has 0 aliphatic carbocycles. The van der Waals surface area contributed by atoms with E-state index in [1.165, 1.54) is 0 Å². The summed E-state index contributed by atoms with van der Waals surface area (Å²) in [7, 11) is 0. The third-order valence-corrected chi connectivity index (χ3v) is 7.05. The Balaban J connectivity index is 1.42. The molecule has 10 heteroatoms. The number of hydrogen-bond acceptors (Lipinski definition) is 7. The molecule has 2 aliphatic heterocycles. The number of benzene rings is 2. The van der Waals surface area contributed by atoms with Crippen molar-refractivity contribution >= 4 is 23.6 Å². The first-order chi connectivity index (χ1) is 18.8. The number of carbonyl (C=O) groups excluding carboxylic acids is 2. The van der Waals surface area contributed by atoms with Crippen LogP contribution in [0, 0.1) is 23.0 Å². The lowest BCUT2D eigenvalue weighted by Gasteiger charge is -2.40. The zero-order chi connectivity index (χ0) is 27.9. The number of fused-ring (bicyclic) bond motifs is 1. The summed E-state index contributed by atoms with van der Waals surface area (Å²) in [5.74, 6) is -1.03. The first-order valence-corrected chi connectivity index (χ1v) is 13.0. The highest BCUT2D eigenvalue weighted by Gasteiger charge is 2.29. The zero-order valence-electron chi connectivity index (χ0n) is 22.2. The van der Waals surface area contributed by atoms with E-state index in [9.17, 15) is 23.6 Å². The molecule has 0 spiro atoms. The van der Waals surface area contributed by atoms with Crippen LogP contribution >= 0.6 is 0 Å². The van der Waals surface area contributed by atoms with Gasteiger partial charge in [0.05, 0.1) is 23.9 Å². The maximum Gasteiger partial charge on any atom is 0.325 e. The number of esters is 1. The van der Waals surface area contributed by atoms with E-state index in [-0.39, 0.29) is 43.2 Å². The van der Waals surface area contributed by atoms with Gasteiger partial charge in [0.25, 0.3) is 5.91 Å². The van der Waals surface area contributed by atoms with Gasteiger partial charge in [-0.2, -0.15) is 5.26 Å². The number of rotatable bonds is 9. The Labute approximate surface area is 227 Å². The minimum absolute atomic E-state index is 0.00228. The summed E-state index contributed by atoms with van der Waals surface area (Å²) in [6.45, 7) is 6.31. The Morgan fingerprint density at radius 3 is 2.69 bits per heavy atom. The van der Waals surface area contributed by atoms with Gasteiger partial charge in [-0.25, -0.2) is 8.78 Å². The highest BCUT2D eigenvalue weighted by Crippen LogP contribution is 2.33. The number of anilines is 1. The van der Waals surface area contributed by atoms with Gasteiger partial charge < -0.3 is 24.2 Å². The van der Waals surface area contributed by atoms with E-state index in [1.54, 1.807) is 43.0 Å². The van der Waals surface area contributed by atoms with E-state index in [0.717, 1.165) is 44.1 Å². The molecule has 4 rings (SSSR count). The minimum atomic E-state index is -0.539. The van der Waals surface area contributed by atoms with Crippen LogP contribution in [0.4, 0.5) is 14.5 Å². The SMILES string of the molecule is CCOC(=O)CN(C(C)=Cc1cc(F)ccc1F)C1CCN(CCN2C(=O)COc3ccc(C#N)cc32)CC1. The Kier molecular flexibility index (Phi) is 9.15. The van der Waals surface area contributed by atoms with Crippen LogP contribution < -0.4 is 9.64 Å². The van der Waals surface area contributed by atoms with Crippen LogP contribution in [0.25, 0.3) is 6.08 Å². The maximum absolute atomic E-state index is 14.3. The largest absolute Gasteiger partial charge is 0.482 e. The van der Waals surface area contributed by atoms with Gasteiger partial charge in [-0.1, -0.05) is 0 Å². The molecule has 1 saturated heterocycles. The summed E-state index contributed by atoms with van der Waals surface area (Å²) in [6, 6.07) is 10.4. The molecule has 39 heavy (non-hydrogen) atoms. The highest BCUT2D eigenvalue weighted by atomic mass is 19.1. The third kappa shape index (κ3) is 6.92. The third-order valence-electron chi connectivity index (χ3n) is 7.05. The number of nitrogens with zero attached hydrogens (tertiary/aromatic N) is 4. The summed E-state index contributed by atoms with van der Waals surface area (Å²) in [4.78, 5) is 30.8. The van der Waals surface area contributed by atoms with E-state index < -0.39 is 11.6 Å². The number of ether oxygens (including phenoxy) is 2. The Hall–Kier alpha value is -3.97. The normalized spacial score (nSPS) is 16.3. The fourth-order valence-corrected chi connectivity index (χ4v) is 5.03. The first kappa shape index (κ1) is 28.0. The van der Waals surface area contributed by atoms with E-state index in [1.807, 2.05) is 4.90 Å². The Morgan fingerprint density at radius 1 is 1.21 bits per heavy atom. The molecule has 1 fully saturated rings. The Bertz CT molecular complexity index is 1280. The second kappa shape index (κ2) is 12.7. The number of amides is 1. The molecule has 2 aromatic carbocycles. The molecule has 0 aromatic heterocycles. The van der Waals surface area contributed by atoms with Crippen LogP contribution in [-0.2, 0) is 14.3 Å². The van der Waals surface area contributed by atoms with Crippen molar-refractivity contribution in [2.45, 2.75) is 32.7 Å². The average Bonchev–Trinajstić information content (AvgIpc) is 2.93. The average molecular weight is 539 g/mol. The lowest BCUT2D eigenvalue weighted by Crippen LogP contribution is -2.49. The van der Waals surface area contributed by atoms with Crippen LogP contribution in [0.2, 0.25) is 0 Å². The summed E-state index contributed by atoms with van der Waals surface area (Å²) in [5, 5.41) is 9.25. The number of halogens is 2. The second-order valence-corrected chi connectivity index (χ2v) is 9.59. The van der Waals surface area contributed by atoms with Crippen molar-refractivity contribution in [1.29, 1.82) is 5.26 Å². The molecular weight excluding hydrogens is 506 g/mol. The molecule has 0 radical (unpaired) electrons. The number of likely N-dealkylation sites (tertiary alicyclic amines) is 1. The van der Waals surface area contributed by atoms with Crippen molar-refractivity contribution in [3.63, 3.8) is 0 Å². The van der Waals surface area contributed by atoms with Gasteiger partial charge in [-0.3, -0.25) is 9.59 Å². The molecule has 1 amide bonds. The fraction of sp³-hybridized carbons (Fsp3) is 0.414. The van der Waals surface area contributed by atoms with Gasteiger partial charge in [0.2, 0.25) is 0 Å². The molecule has 8 nitrogen and oxygen atoms in total. The number of allylic oxidation sites excluding steroid dienone is 1. The van der Waals surface area contributed by atoms with Crippen molar-refractivity contribution in [2.75, 3.05) is 50.8 Å². The van der Waals surface area contributed by atoms with Crippen molar-refractivity contribution in [2.24, 2.45) is 0 Å². The van der Waals surface area contributed by atoms with Crippen LogP contribution in [0.1, 0.15) is 37.8 Å². The van der Waals surface area contributed by atoms with Crippen molar-refractivity contribution < 1.29 is 27.8 Å². The quantitative estimate of drug-likeness (QED) is 0.447. The topological polar surface area (TPSA) is 86.1 Å². The number of carbonyl (C=O) groups is 2. The molecule has 2 aromatic rings. The number of piperidine rings is 1. The van der Waals surface area contributed by atoms with Crippen LogP contribution in [-0.4, -0.2) is 73.7 Å². The molecule has 2 aliphatic rings. The first-order valence-electron chi connectivity index (χ1n) is 13.0. The molecule has 2 heterocycles. The van der Waals surface area contributed by atoms with Gasteiger partial charge in [0, 0.05) is 43.5 Å². The minimum Gasteiger partial charge on any atom is -0.482 e. The van der Waals surface area contributed by atoms with Crippen molar-refractivity contribution in [3.8, 4) is 11.8 Å². The Morgan fingerprint density at radius 2 is 1.97 bits per heavy atom. The second-order valence-electron chi connectivity index (χ2n) is 9.59. The summed E-state index contributed by atoms with van der Waals surface area (Å²) < 4.78 is 38.7. The molecule has 0 unspecified atom stereocenters. The van der Waals surface area contributed by atoms with E-state index in [2.05, 4.69) is 11.0 Å². The monoisotopic (exact) mass is 538 g/mol. The van der Waals surface area contributed by atoms with Crippen LogP contribution in [0.5, 0.6) is 5.75 Å². The molecule has 0 atom stereocenters. The van der Waals surface area contributed by atoms with Crippen LogP contribution in [0.3, 0.4) is 0 Å². The molecule has 206 valence electrons. The van der Waals surface area contributed by atoms with Gasteiger partial charge in [0.1, 0.15) is 23.9 Å². The molecule has 0 N–H and O–H groups in total. The predicted octanol–water partition coefficient (Wildman–Crippen LogP) is 3.95. The molecule has 0 saturated carbocycles. The maximum atomic E-state index is 14.3. The van der Waals surface area contributed by atoms with Gasteiger partial charge in [-0.05, 0) is 69.2 Å². The zero-order valence-corrected chi connectivity index (χ0v) is 22.2. The fourth-order valence-electron chi connectivity index (χ4n) is 5.03. The number of hydrogen-bond donors (Lipinski definition) is 0. The summed E-state index contributed by atoms with van der Waals surface area (Å²) in [6.07, 6.45) is 3.03. The van der Waals surface area contributed by atoms with E-state index in [4.69, 9.17) is 9.47 Å². The molecule has 0 bridgehead atoms. The predicted molar refractivity (Wildman–Crippen MR) is 142 cm³/mol. The number of nitriles is 1. The van der Waals surface area contributed by atoms with E-state index in [0.29, 0.717) is 35.8 Å².